The SMILES string of the molecule is CC(C)Oc1cc(OCCCN(C)C)c(N)cc1F. The van der Waals surface area contributed by atoms with Gasteiger partial charge in [0, 0.05) is 18.7 Å². The molecule has 1 aromatic carbocycles. The number of anilines is 1. The maximum absolute atomic E-state index is 13.6. The smallest absolute Gasteiger partial charge is 0.167 e. The Labute approximate surface area is 114 Å². The molecule has 0 bridgehead atoms. The maximum atomic E-state index is 13.6. The number of benzene rings is 1. The van der Waals surface area contributed by atoms with Crippen LogP contribution in [-0.2, 0) is 0 Å². The third-order valence-corrected chi connectivity index (χ3v) is 2.43. The zero-order chi connectivity index (χ0) is 14.4. The molecule has 0 aromatic heterocycles. The Hall–Kier alpha value is -1.49. The highest BCUT2D eigenvalue weighted by Gasteiger charge is 2.11. The van der Waals surface area contributed by atoms with Crippen LogP contribution in [0.15, 0.2) is 12.1 Å². The molecule has 0 saturated heterocycles. The van der Waals surface area contributed by atoms with E-state index < -0.39 is 5.82 Å². The highest BCUT2D eigenvalue weighted by atomic mass is 19.1. The number of nitrogens with zero attached hydrogens (tertiary/aromatic N) is 1. The van der Waals surface area contributed by atoms with Gasteiger partial charge >= 0.3 is 0 Å². The molecule has 19 heavy (non-hydrogen) atoms. The van der Waals surface area contributed by atoms with Gasteiger partial charge in [0.05, 0.1) is 18.4 Å². The molecule has 0 radical (unpaired) electrons. The first-order valence-electron chi connectivity index (χ1n) is 6.43. The van der Waals surface area contributed by atoms with Gasteiger partial charge in [-0.25, -0.2) is 4.39 Å². The molecule has 108 valence electrons. The average Bonchev–Trinajstić information content (AvgIpc) is 2.29. The van der Waals surface area contributed by atoms with Crippen molar-refractivity contribution in [1.82, 2.24) is 4.90 Å². The van der Waals surface area contributed by atoms with E-state index in [0.29, 0.717) is 18.0 Å². The molecule has 1 rings (SSSR count). The largest absolute Gasteiger partial charge is 0.491 e. The van der Waals surface area contributed by atoms with Crippen molar-refractivity contribution in [3.63, 3.8) is 0 Å². The second-order valence-electron chi connectivity index (χ2n) is 4.99. The van der Waals surface area contributed by atoms with E-state index in [1.165, 1.54) is 12.1 Å². The normalized spacial score (nSPS) is 11.1. The Morgan fingerprint density at radius 2 is 1.95 bits per heavy atom. The summed E-state index contributed by atoms with van der Waals surface area (Å²) >= 11 is 0. The number of nitrogens with two attached hydrogens (primary N) is 1. The Morgan fingerprint density at radius 3 is 2.53 bits per heavy atom. The summed E-state index contributed by atoms with van der Waals surface area (Å²) in [5.74, 6) is 0.175. The molecule has 0 amide bonds. The summed E-state index contributed by atoms with van der Waals surface area (Å²) < 4.78 is 24.6. The van der Waals surface area contributed by atoms with Gasteiger partial charge < -0.3 is 20.1 Å². The molecule has 5 heteroatoms. The lowest BCUT2D eigenvalue weighted by Gasteiger charge is -2.15. The van der Waals surface area contributed by atoms with Crippen LogP contribution in [-0.4, -0.2) is 38.3 Å². The molecule has 0 heterocycles. The Balaban J connectivity index is 2.66. The summed E-state index contributed by atoms with van der Waals surface area (Å²) in [6.07, 6.45) is 0.782. The van der Waals surface area contributed by atoms with Crippen molar-refractivity contribution in [2.24, 2.45) is 0 Å². The average molecular weight is 270 g/mol. The predicted molar refractivity (Wildman–Crippen MR) is 75.2 cm³/mol. The van der Waals surface area contributed by atoms with Crippen LogP contribution < -0.4 is 15.2 Å². The van der Waals surface area contributed by atoms with Crippen LogP contribution >= 0.6 is 0 Å². The van der Waals surface area contributed by atoms with Crippen molar-refractivity contribution < 1.29 is 13.9 Å². The minimum atomic E-state index is -0.466. The van der Waals surface area contributed by atoms with Gasteiger partial charge in [0.25, 0.3) is 0 Å². The van der Waals surface area contributed by atoms with Crippen molar-refractivity contribution in [3.05, 3.63) is 17.9 Å². The van der Waals surface area contributed by atoms with Gasteiger partial charge in [0.2, 0.25) is 0 Å². The molecule has 0 fully saturated rings. The third kappa shape index (κ3) is 5.34. The lowest BCUT2D eigenvalue weighted by atomic mass is 10.2. The van der Waals surface area contributed by atoms with Crippen molar-refractivity contribution in [3.8, 4) is 11.5 Å². The molecule has 0 aliphatic rings. The number of nitrogen functional groups attached to an aromatic ring is 1. The topological polar surface area (TPSA) is 47.7 Å². The van der Waals surface area contributed by atoms with Gasteiger partial charge in [-0.05, 0) is 34.4 Å². The van der Waals surface area contributed by atoms with Gasteiger partial charge in [-0.1, -0.05) is 0 Å². The molecule has 4 nitrogen and oxygen atoms in total. The number of hydrogen-bond acceptors (Lipinski definition) is 4. The minimum absolute atomic E-state index is 0.0975. The van der Waals surface area contributed by atoms with Gasteiger partial charge in [0.1, 0.15) is 5.75 Å². The first kappa shape index (κ1) is 15.6. The van der Waals surface area contributed by atoms with E-state index in [1.54, 1.807) is 0 Å². The molecule has 0 saturated carbocycles. The summed E-state index contributed by atoms with van der Waals surface area (Å²) in [6, 6.07) is 2.75. The predicted octanol–water partition coefficient (Wildman–Crippen LogP) is 2.53. The lowest BCUT2D eigenvalue weighted by Crippen LogP contribution is -2.16. The lowest BCUT2D eigenvalue weighted by molar-refractivity contribution is 0.228. The second kappa shape index (κ2) is 7.19. The van der Waals surface area contributed by atoms with E-state index in [2.05, 4.69) is 4.90 Å². The van der Waals surface area contributed by atoms with Crippen LogP contribution in [0.2, 0.25) is 0 Å². The number of hydrogen-bond donors (Lipinski definition) is 1. The van der Waals surface area contributed by atoms with Gasteiger partial charge in [-0.15, -0.1) is 0 Å². The molecular weight excluding hydrogens is 247 g/mol. The summed E-state index contributed by atoms with van der Waals surface area (Å²) in [6.45, 7) is 5.15. The highest BCUT2D eigenvalue weighted by Crippen LogP contribution is 2.30. The summed E-state index contributed by atoms with van der Waals surface area (Å²) in [7, 11) is 4.00. The van der Waals surface area contributed by atoms with Crippen LogP contribution in [0.25, 0.3) is 0 Å². The molecule has 1 aromatic rings. The van der Waals surface area contributed by atoms with Crippen molar-refractivity contribution in [1.29, 1.82) is 0 Å². The maximum Gasteiger partial charge on any atom is 0.167 e. The Morgan fingerprint density at radius 1 is 1.26 bits per heavy atom. The molecular formula is C14H23FN2O2. The van der Waals surface area contributed by atoms with E-state index in [0.717, 1.165) is 13.0 Å². The van der Waals surface area contributed by atoms with E-state index in [-0.39, 0.29) is 11.9 Å². The molecule has 0 unspecified atom stereocenters. The zero-order valence-electron chi connectivity index (χ0n) is 12.1. The first-order valence-corrected chi connectivity index (χ1v) is 6.43. The van der Waals surface area contributed by atoms with Gasteiger partial charge in [0.15, 0.2) is 11.6 Å². The molecule has 0 aliphatic carbocycles. The van der Waals surface area contributed by atoms with Crippen LogP contribution in [0.5, 0.6) is 11.5 Å². The van der Waals surface area contributed by atoms with E-state index in [4.69, 9.17) is 15.2 Å². The summed E-state index contributed by atoms with van der Waals surface area (Å²) in [4.78, 5) is 2.07. The summed E-state index contributed by atoms with van der Waals surface area (Å²) in [5.41, 5.74) is 6.02. The standard InChI is InChI=1S/C14H23FN2O2/c1-10(2)19-13-9-14(12(16)8-11(13)15)18-7-5-6-17(3)4/h8-10H,5-7,16H2,1-4H3. The molecule has 0 atom stereocenters. The third-order valence-electron chi connectivity index (χ3n) is 2.43. The Kier molecular flexibility index (Phi) is 5.89. The van der Waals surface area contributed by atoms with Crippen molar-refractivity contribution in [2.45, 2.75) is 26.4 Å². The van der Waals surface area contributed by atoms with E-state index >= 15 is 0 Å². The number of rotatable bonds is 7. The minimum Gasteiger partial charge on any atom is -0.491 e. The fourth-order valence-electron chi connectivity index (χ4n) is 1.58. The number of ether oxygens (including phenoxy) is 2. The van der Waals surface area contributed by atoms with E-state index in [9.17, 15) is 4.39 Å². The van der Waals surface area contributed by atoms with Crippen molar-refractivity contribution in [2.75, 3.05) is 33.0 Å². The Bertz CT molecular complexity index is 409. The summed E-state index contributed by atoms with van der Waals surface area (Å²) in [5, 5.41) is 0. The monoisotopic (exact) mass is 270 g/mol. The zero-order valence-corrected chi connectivity index (χ0v) is 12.1. The van der Waals surface area contributed by atoms with Crippen LogP contribution in [0.1, 0.15) is 20.3 Å². The van der Waals surface area contributed by atoms with E-state index in [1.807, 2.05) is 27.9 Å². The molecule has 2 N–H and O–H groups in total. The van der Waals surface area contributed by atoms with Crippen molar-refractivity contribution >= 4 is 5.69 Å². The second-order valence-corrected chi connectivity index (χ2v) is 4.99. The quantitative estimate of drug-likeness (QED) is 0.611. The van der Waals surface area contributed by atoms with Crippen LogP contribution in [0.4, 0.5) is 10.1 Å². The van der Waals surface area contributed by atoms with Crippen LogP contribution in [0.3, 0.4) is 0 Å². The molecule has 0 aliphatic heterocycles. The van der Waals surface area contributed by atoms with Gasteiger partial charge in [-0.3, -0.25) is 0 Å². The van der Waals surface area contributed by atoms with Gasteiger partial charge in [-0.2, -0.15) is 0 Å². The van der Waals surface area contributed by atoms with Crippen LogP contribution in [0, 0.1) is 5.82 Å². The number of halogens is 1. The molecule has 0 spiro atoms. The highest BCUT2D eigenvalue weighted by molar-refractivity contribution is 5.56. The fraction of sp³-hybridized carbons (Fsp3) is 0.571. The fourth-order valence-corrected chi connectivity index (χ4v) is 1.58. The first-order chi connectivity index (χ1) is 8.90.